The number of carbonyl (C=O) groups excluding carboxylic acids is 1. The lowest BCUT2D eigenvalue weighted by atomic mass is 9.99. The molecule has 4 nitrogen and oxygen atoms in total. The van der Waals surface area contributed by atoms with Gasteiger partial charge in [-0.2, -0.15) is 0 Å². The van der Waals surface area contributed by atoms with E-state index in [0.717, 1.165) is 22.2 Å². The fraction of sp³-hybridized carbons (Fsp3) is 0.412. The number of ether oxygens (including phenoxy) is 1. The Kier molecular flexibility index (Phi) is 3.88. The monoisotopic (exact) mass is 284 g/mol. The van der Waals surface area contributed by atoms with Crippen molar-refractivity contribution in [1.82, 2.24) is 9.88 Å². The highest BCUT2D eigenvalue weighted by atomic mass is 16.5. The average molecular weight is 284 g/mol. The molecule has 1 aliphatic heterocycles. The van der Waals surface area contributed by atoms with E-state index in [9.17, 15) is 4.79 Å². The fourth-order valence-electron chi connectivity index (χ4n) is 2.91. The number of para-hydroxylation sites is 1. The zero-order chi connectivity index (χ0) is 14.8. The van der Waals surface area contributed by atoms with Crippen molar-refractivity contribution in [3.05, 3.63) is 41.1 Å². The Morgan fingerprint density at radius 3 is 2.71 bits per heavy atom. The number of carbonyl (C=O) groups is 1. The molecule has 1 aromatic carbocycles. The van der Waals surface area contributed by atoms with Crippen molar-refractivity contribution in [2.45, 2.75) is 20.3 Å². The van der Waals surface area contributed by atoms with E-state index in [1.54, 1.807) is 0 Å². The van der Waals surface area contributed by atoms with Crippen LogP contribution in [0.25, 0.3) is 10.9 Å². The van der Waals surface area contributed by atoms with Gasteiger partial charge in [-0.15, -0.1) is 0 Å². The van der Waals surface area contributed by atoms with E-state index in [1.807, 2.05) is 30.0 Å². The Morgan fingerprint density at radius 1 is 1.24 bits per heavy atom. The van der Waals surface area contributed by atoms with Crippen LogP contribution in [0.15, 0.2) is 24.3 Å². The Balaban J connectivity index is 1.91. The van der Waals surface area contributed by atoms with E-state index in [1.165, 1.54) is 5.56 Å². The molecule has 0 unspecified atom stereocenters. The Labute approximate surface area is 124 Å². The summed E-state index contributed by atoms with van der Waals surface area (Å²) in [6, 6.07) is 8.09. The van der Waals surface area contributed by atoms with E-state index in [0.29, 0.717) is 32.7 Å². The van der Waals surface area contributed by atoms with Crippen LogP contribution in [0.1, 0.15) is 16.8 Å². The van der Waals surface area contributed by atoms with Gasteiger partial charge < -0.3 is 9.64 Å². The first kappa shape index (κ1) is 14.0. The standard InChI is InChI=1S/C17H20N2O2/c1-12-14-5-3-4-6-16(14)18-13(2)15(12)11-17(20)19-7-9-21-10-8-19/h3-6H,7-11H2,1-2H3. The van der Waals surface area contributed by atoms with Crippen molar-refractivity contribution in [3.8, 4) is 0 Å². The molecule has 1 fully saturated rings. The van der Waals surface area contributed by atoms with Crippen molar-refractivity contribution < 1.29 is 9.53 Å². The number of rotatable bonds is 2. The summed E-state index contributed by atoms with van der Waals surface area (Å²) in [4.78, 5) is 19.0. The molecule has 0 atom stereocenters. The lowest BCUT2D eigenvalue weighted by Crippen LogP contribution is -2.41. The van der Waals surface area contributed by atoms with E-state index in [2.05, 4.69) is 18.0 Å². The van der Waals surface area contributed by atoms with Gasteiger partial charge in [-0.05, 0) is 31.0 Å². The SMILES string of the molecule is Cc1nc2ccccc2c(C)c1CC(=O)N1CCOCC1. The number of amides is 1. The lowest BCUT2D eigenvalue weighted by molar-refractivity contribution is -0.134. The molecule has 1 aromatic heterocycles. The first-order chi connectivity index (χ1) is 10.2. The van der Waals surface area contributed by atoms with Crippen LogP contribution in [0, 0.1) is 13.8 Å². The second kappa shape index (κ2) is 5.82. The highest BCUT2D eigenvalue weighted by Crippen LogP contribution is 2.23. The third-order valence-electron chi connectivity index (χ3n) is 4.18. The summed E-state index contributed by atoms with van der Waals surface area (Å²) in [6.45, 7) is 6.73. The molecule has 0 bridgehead atoms. The van der Waals surface area contributed by atoms with Crippen LogP contribution in [-0.2, 0) is 16.0 Å². The predicted octanol–water partition coefficient (Wildman–Crippen LogP) is 2.25. The fourth-order valence-corrected chi connectivity index (χ4v) is 2.91. The van der Waals surface area contributed by atoms with E-state index in [-0.39, 0.29) is 5.91 Å². The molecule has 21 heavy (non-hydrogen) atoms. The maximum absolute atomic E-state index is 12.5. The number of fused-ring (bicyclic) bond motifs is 1. The summed E-state index contributed by atoms with van der Waals surface area (Å²) < 4.78 is 5.30. The number of benzene rings is 1. The molecule has 110 valence electrons. The second-order valence-electron chi connectivity index (χ2n) is 5.49. The minimum absolute atomic E-state index is 0.168. The highest BCUT2D eigenvalue weighted by Gasteiger charge is 2.19. The molecule has 2 aromatic rings. The zero-order valence-corrected chi connectivity index (χ0v) is 12.6. The average Bonchev–Trinajstić information content (AvgIpc) is 2.52. The number of aryl methyl sites for hydroxylation is 2. The van der Waals surface area contributed by atoms with Crippen LogP contribution in [0.2, 0.25) is 0 Å². The van der Waals surface area contributed by atoms with Gasteiger partial charge in [0.1, 0.15) is 0 Å². The van der Waals surface area contributed by atoms with Crippen molar-refractivity contribution in [2.24, 2.45) is 0 Å². The first-order valence-corrected chi connectivity index (χ1v) is 7.37. The topological polar surface area (TPSA) is 42.4 Å². The quantitative estimate of drug-likeness (QED) is 0.849. The predicted molar refractivity (Wildman–Crippen MR) is 82.3 cm³/mol. The van der Waals surface area contributed by atoms with E-state index in [4.69, 9.17) is 4.74 Å². The number of pyridine rings is 1. The maximum Gasteiger partial charge on any atom is 0.227 e. The number of nitrogens with zero attached hydrogens (tertiary/aromatic N) is 2. The molecule has 0 spiro atoms. The van der Waals surface area contributed by atoms with E-state index < -0.39 is 0 Å². The summed E-state index contributed by atoms with van der Waals surface area (Å²) >= 11 is 0. The van der Waals surface area contributed by atoms with Crippen molar-refractivity contribution in [1.29, 1.82) is 0 Å². The summed E-state index contributed by atoms with van der Waals surface area (Å²) in [6.07, 6.45) is 0.426. The van der Waals surface area contributed by atoms with Gasteiger partial charge in [-0.3, -0.25) is 9.78 Å². The largest absolute Gasteiger partial charge is 0.378 e. The van der Waals surface area contributed by atoms with Gasteiger partial charge in [-0.1, -0.05) is 18.2 Å². The molecule has 0 N–H and O–H groups in total. The van der Waals surface area contributed by atoms with Gasteiger partial charge in [0.25, 0.3) is 0 Å². The number of hydrogen-bond donors (Lipinski definition) is 0. The number of hydrogen-bond acceptors (Lipinski definition) is 3. The van der Waals surface area contributed by atoms with Gasteiger partial charge in [0.15, 0.2) is 0 Å². The third-order valence-corrected chi connectivity index (χ3v) is 4.18. The van der Waals surface area contributed by atoms with Crippen molar-refractivity contribution >= 4 is 16.8 Å². The number of aromatic nitrogens is 1. The molecule has 0 aliphatic carbocycles. The molecule has 1 aliphatic rings. The Morgan fingerprint density at radius 2 is 1.95 bits per heavy atom. The zero-order valence-electron chi connectivity index (χ0n) is 12.6. The van der Waals surface area contributed by atoms with Gasteiger partial charge in [-0.25, -0.2) is 0 Å². The molecule has 1 saturated heterocycles. The lowest BCUT2D eigenvalue weighted by Gasteiger charge is -2.27. The Hall–Kier alpha value is -1.94. The van der Waals surface area contributed by atoms with Crippen LogP contribution >= 0.6 is 0 Å². The molecule has 0 saturated carbocycles. The first-order valence-electron chi connectivity index (χ1n) is 7.37. The molecule has 1 amide bonds. The number of morpholine rings is 1. The molecular weight excluding hydrogens is 264 g/mol. The van der Waals surface area contributed by atoms with Crippen molar-refractivity contribution in [3.63, 3.8) is 0 Å². The summed E-state index contributed by atoms with van der Waals surface area (Å²) in [7, 11) is 0. The van der Waals surface area contributed by atoms with Crippen LogP contribution in [0.3, 0.4) is 0 Å². The summed E-state index contributed by atoms with van der Waals surface area (Å²) in [5, 5.41) is 1.13. The van der Waals surface area contributed by atoms with Crippen LogP contribution < -0.4 is 0 Å². The van der Waals surface area contributed by atoms with Gasteiger partial charge >= 0.3 is 0 Å². The smallest absolute Gasteiger partial charge is 0.227 e. The minimum Gasteiger partial charge on any atom is -0.378 e. The minimum atomic E-state index is 0.168. The van der Waals surface area contributed by atoms with Crippen LogP contribution in [0.4, 0.5) is 0 Å². The second-order valence-corrected chi connectivity index (χ2v) is 5.49. The van der Waals surface area contributed by atoms with Gasteiger partial charge in [0.2, 0.25) is 5.91 Å². The third kappa shape index (κ3) is 2.76. The van der Waals surface area contributed by atoms with E-state index >= 15 is 0 Å². The van der Waals surface area contributed by atoms with Gasteiger partial charge in [0.05, 0.1) is 25.2 Å². The van der Waals surface area contributed by atoms with Crippen LogP contribution in [0.5, 0.6) is 0 Å². The molecule has 3 rings (SSSR count). The molecule has 0 radical (unpaired) electrons. The summed E-state index contributed by atoms with van der Waals surface area (Å²) in [5.74, 6) is 0.168. The molecular formula is C17H20N2O2. The van der Waals surface area contributed by atoms with Crippen LogP contribution in [-0.4, -0.2) is 42.1 Å². The maximum atomic E-state index is 12.5. The highest BCUT2D eigenvalue weighted by molar-refractivity contribution is 5.86. The van der Waals surface area contributed by atoms with Crippen molar-refractivity contribution in [2.75, 3.05) is 26.3 Å². The molecule has 2 heterocycles. The Bertz CT molecular complexity index is 676. The molecule has 4 heteroatoms. The van der Waals surface area contributed by atoms with Gasteiger partial charge in [0, 0.05) is 24.2 Å². The normalized spacial score (nSPS) is 15.4. The summed E-state index contributed by atoms with van der Waals surface area (Å²) in [5.41, 5.74) is 4.17.